The molecule has 2 aromatic rings. The summed E-state index contributed by atoms with van der Waals surface area (Å²) in [6, 6.07) is 9.34. The lowest BCUT2D eigenvalue weighted by Gasteiger charge is -2.50. The SMILES string of the molecule is CN(C)c1cccc2c(S(=O)(=O)NCC3OC4OC5C(CO)OC(OC6C(CO)OC(OC7C(CO)OC(OC8C(CO)OC(OC9C(CO)OC(OC%10C(CO)OC(OC3C(O)C4O)C(O)C%10O)C(O)C9O)C(O)C8O)C(O)C7O)C(O)C6O)C(O)C5O)cccc12. The summed E-state index contributed by atoms with van der Waals surface area (Å²) in [6.45, 7) is -7.45. The molecule has 21 saturated heterocycles. The van der Waals surface area contributed by atoms with Crippen molar-refractivity contribution in [3.8, 4) is 0 Å². The molecule has 35 unspecified atom stereocenters. The van der Waals surface area contributed by atoms with Crippen LogP contribution in [0.2, 0.25) is 0 Å². The molecule has 21 aliphatic rings. The van der Waals surface area contributed by atoms with Crippen molar-refractivity contribution in [2.75, 3.05) is 65.2 Å². The molecule has 0 radical (unpaired) electrons. The van der Waals surface area contributed by atoms with Crippen LogP contribution in [0.3, 0.4) is 0 Å². The Balaban J connectivity index is 0.966. The number of hydrogen-bond acceptors (Lipinski definition) is 37. The molecule has 23 rings (SSSR count). The predicted octanol–water partition coefficient (Wildman–Crippen LogP) is -13.0. The number of nitrogens with zero attached hydrogens (tertiary/aromatic N) is 1. The van der Waals surface area contributed by atoms with E-state index in [9.17, 15) is 111 Å². The van der Waals surface area contributed by atoms with E-state index in [-0.39, 0.29) is 10.3 Å². The normalized spacial score (nSPS) is 48.0. The summed E-state index contributed by atoms with van der Waals surface area (Å²) in [6.07, 6.45) is -72.9. The average Bonchev–Trinajstić information content (AvgIpc) is 0.796. The molecule has 0 aliphatic carbocycles. The lowest BCUT2D eigenvalue weighted by atomic mass is 9.95. The smallest absolute Gasteiger partial charge is 0.241 e. The fourth-order valence-corrected chi connectivity index (χ4v) is 13.9. The van der Waals surface area contributed by atoms with E-state index in [0.29, 0.717) is 11.1 Å². The number of aliphatic hydroxyl groups is 20. The maximum absolute atomic E-state index is 14.4. The monoisotopic (exact) mass is 1370 g/mol. The minimum atomic E-state index is -4.64. The third kappa shape index (κ3) is 14.3. The zero-order valence-corrected chi connectivity index (χ0v) is 50.3. The first kappa shape index (κ1) is 72.8. The molecule has 0 amide bonds. The van der Waals surface area contributed by atoms with Crippen LogP contribution in [0.1, 0.15) is 0 Å². The van der Waals surface area contributed by atoms with Gasteiger partial charge in [0.2, 0.25) is 10.0 Å². The van der Waals surface area contributed by atoms with Gasteiger partial charge >= 0.3 is 0 Å². The molecule has 2 aromatic carbocycles. The van der Waals surface area contributed by atoms with Gasteiger partial charge in [0.15, 0.2) is 44.0 Å². The van der Waals surface area contributed by atoms with E-state index < -0.39 is 271 Å². The van der Waals surface area contributed by atoms with Gasteiger partial charge in [-0.15, -0.1) is 0 Å². The molecule has 14 bridgehead atoms. The second kappa shape index (κ2) is 30.3. The van der Waals surface area contributed by atoms with Crippen LogP contribution in [0.15, 0.2) is 41.3 Å². The molecular formula is C54H82N2O36S. The highest BCUT2D eigenvalue weighted by molar-refractivity contribution is 7.89. The van der Waals surface area contributed by atoms with Gasteiger partial charge in [-0.1, -0.05) is 24.3 Å². The van der Waals surface area contributed by atoms with Crippen LogP contribution in [0, 0.1) is 0 Å². The number of anilines is 1. The number of fused-ring (bicyclic) bond motifs is 1. The third-order valence-corrected chi connectivity index (χ3v) is 19.2. The Hall–Kier alpha value is -2.95. The molecule has 38 nitrogen and oxygen atoms in total. The van der Waals surface area contributed by atoms with Crippen molar-refractivity contribution < 1.29 is 177 Å². The topological polar surface area (TPSA) is 583 Å². The van der Waals surface area contributed by atoms with E-state index in [1.54, 1.807) is 37.2 Å². The maximum atomic E-state index is 14.4. The van der Waals surface area contributed by atoms with E-state index in [4.69, 9.17) is 66.3 Å². The number of aliphatic hydroxyl groups excluding tert-OH is 20. The highest BCUT2D eigenvalue weighted by Crippen LogP contribution is 2.40. The van der Waals surface area contributed by atoms with Crippen molar-refractivity contribution in [3.05, 3.63) is 36.4 Å². The van der Waals surface area contributed by atoms with Gasteiger partial charge in [0.25, 0.3) is 0 Å². The van der Waals surface area contributed by atoms with E-state index >= 15 is 0 Å². The summed E-state index contributed by atoms with van der Waals surface area (Å²) in [5, 5.41) is 226. The van der Waals surface area contributed by atoms with Crippen molar-refractivity contribution in [3.63, 3.8) is 0 Å². The number of nitrogens with one attached hydrogen (secondary N) is 1. The maximum Gasteiger partial charge on any atom is 0.241 e. The van der Waals surface area contributed by atoms with E-state index in [1.807, 2.05) is 0 Å². The first-order valence-corrected chi connectivity index (χ1v) is 31.2. The third-order valence-electron chi connectivity index (χ3n) is 17.7. The molecule has 0 spiro atoms. The lowest BCUT2D eigenvalue weighted by Crippen LogP contribution is -2.68. The molecule has 39 heteroatoms. The first-order chi connectivity index (χ1) is 44.2. The Morgan fingerprint density at radius 1 is 0.323 bits per heavy atom. The zero-order chi connectivity index (χ0) is 67.4. The number of benzene rings is 2. The Labute approximate surface area is 528 Å². The molecule has 21 aliphatic heterocycles. The first-order valence-electron chi connectivity index (χ1n) is 29.8. The second-order valence-corrected chi connectivity index (χ2v) is 25.6. The fraction of sp³-hybridized carbons (Fsp3) is 0.815. The highest BCUT2D eigenvalue weighted by Gasteiger charge is 2.60. The largest absolute Gasteiger partial charge is 0.394 e. The van der Waals surface area contributed by atoms with Crippen LogP contribution in [0.25, 0.3) is 10.8 Å². The van der Waals surface area contributed by atoms with Crippen LogP contribution in [0.4, 0.5) is 5.69 Å². The summed E-state index contributed by atoms with van der Waals surface area (Å²) in [5.41, 5.74) is 0.639. The van der Waals surface area contributed by atoms with Gasteiger partial charge in [-0.25, -0.2) is 13.1 Å². The minimum Gasteiger partial charge on any atom is -0.394 e. The average molecular weight is 1370 g/mol. The second-order valence-electron chi connectivity index (χ2n) is 23.8. The standard InChI is InChI=1S/C54H82N2O36S/c1-56(2)18-7-3-6-17-16(18)5-4-8-26(17)93(77,78)55-9-19-41-27(63)34(70)48(79-19)87-42-20(10-57)81-50(36(72)29(42)65)89-44-22(12-59)83-52(38(74)31(44)67)91-46-24(14-61)85-54(40(76)33(46)69)92-47-25(15-62)84-53(39(75)32(47)68)90-45-23(13-60)82-51(37(73)30(45)66)88-43-21(11-58)80-49(86-41)35(71)28(43)64/h3-8,19-25,27-55,57-76H,9-15H2,1-2H3. The summed E-state index contributed by atoms with van der Waals surface area (Å²) >= 11 is 0. The van der Waals surface area contributed by atoms with Crippen LogP contribution in [-0.2, 0) is 76.3 Å². The van der Waals surface area contributed by atoms with Crippen molar-refractivity contribution in [1.29, 1.82) is 0 Å². The molecule has 21 heterocycles. The van der Waals surface area contributed by atoms with Gasteiger partial charge in [0.1, 0.15) is 171 Å². The molecule has 530 valence electrons. The van der Waals surface area contributed by atoms with Gasteiger partial charge in [-0.05, 0) is 12.1 Å². The minimum absolute atomic E-state index is 0.252. The Kier molecular flexibility index (Phi) is 23.7. The van der Waals surface area contributed by atoms with Gasteiger partial charge < -0.3 is 173 Å². The molecule has 35 atom stereocenters. The quantitative estimate of drug-likeness (QED) is 0.0993. The van der Waals surface area contributed by atoms with Crippen molar-refractivity contribution in [2.24, 2.45) is 0 Å². The Morgan fingerprint density at radius 2 is 0.548 bits per heavy atom. The van der Waals surface area contributed by atoms with E-state index in [0.717, 1.165) is 0 Å². The van der Waals surface area contributed by atoms with E-state index in [1.165, 1.54) is 18.2 Å². The number of sulfonamides is 1. The fourth-order valence-electron chi connectivity index (χ4n) is 12.6. The number of hydrogen-bond donors (Lipinski definition) is 21. The molecule has 93 heavy (non-hydrogen) atoms. The van der Waals surface area contributed by atoms with Crippen LogP contribution < -0.4 is 9.62 Å². The van der Waals surface area contributed by atoms with Crippen molar-refractivity contribution in [2.45, 2.75) is 220 Å². The molecular weight excluding hydrogens is 1280 g/mol. The van der Waals surface area contributed by atoms with Crippen LogP contribution in [-0.4, -0.2) is 386 Å². The number of ether oxygens (including phenoxy) is 14. The molecule has 21 N–H and O–H groups in total. The zero-order valence-electron chi connectivity index (χ0n) is 49.5. The van der Waals surface area contributed by atoms with Gasteiger partial charge in [0, 0.05) is 37.1 Å². The molecule has 0 saturated carbocycles. The summed E-state index contributed by atoms with van der Waals surface area (Å²) in [4.78, 5) is 1.49. The lowest BCUT2D eigenvalue weighted by molar-refractivity contribution is -0.396. The van der Waals surface area contributed by atoms with Crippen LogP contribution in [0.5, 0.6) is 0 Å². The van der Waals surface area contributed by atoms with E-state index in [2.05, 4.69) is 4.72 Å². The number of rotatable bonds is 11. The molecule has 21 fully saturated rings. The van der Waals surface area contributed by atoms with Crippen molar-refractivity contribution >= 4 is 26.5 Å². The Bertz CT molecular complexity index is 2840. The summed E-state index contributed by atoms with van der Waals surface area (Å²) in [7, 11) is -1.16. The predicted molar refractivity (Wildman–Crippen MR) is 295 cm³/mol. The summed E-state index contributed by atoms with van der Waals surface area (Å²) in [5.74, 6) is 0. The van der Waals surface area contributed by atoms with Crippen molar-refractivity contribution in [1.82, 2.24) is 4.72 Å². The van der Waals surface area contributed by atoms with Gasteiger partial charge in [-0.3, -0.25) is 0 Å². The Morgan fingerprint density at radius 3 is 0.796 bits per heavy atom. The van der Waals surface area contributed by atoms with Gasteiger partial charge in [0.05, 0.1) is 44.5 Å². The molecule has 0 aromatic heterocycles. The summed E-state index contributed by atoms with van der Waals surface area (Å²) < 4.78 is 112. The van der Waals surface area contributed by atoms with Crippen LogP contribution >= 0.6 is 0 Å². The highest BCUT2D eigenvalue weighted by atomic mass is 32.2. The van der Waals surface area contributed by atoms with Gasteiger partial charge in [-0.2, -0.15) is 0 Å².